The first-order valence-corrected chi connectivity index (χ1v) is 12.2. The van der Waals surface area contributed by atoms with E-state index in [4.69, 9.17) is 9.47 Å². The maximum Gasteiger partial charge on any atom is 0.410 e. The van der Waals surface area contributed by atoms with Crippen LogP contribution in [0.1, 0.15) is 55.4 Å². The molecule has 0 saturated carbocycles. The van der Waals surface area contributed by atoms with Crippen LogP contribution >= 0.6 is 0 Å². The molecule has 0 unspecified atom stereocenters. The third kappa shape index (κ3) is 9.07. The van der Waals surface area contributed by atoms with Crippen molar-refractivity contribution < 1.29 is 27.5 Å². The largest absolute Gasteiger partial charge is 0.444 e. The fourth-order valence-corrected chi connectivity index (χ4v) is 4.06. The van der Waals surface area contributed by atoms with Crippen molar-refractivity contribution in [1.82, 2.24) is 14.1 Å². The van der Waals surface area contributed by atoms with Crippen molar-refractivity contribution in [2.75, 3.05) is 39.0 Å². The van der Waals surface area contributed by atoms with E-state index in [-0.39, 0.29) is 32.1 Å². The van der Waals surface area contributed by atoms with Crippen molar-refractivity contribution in [2.45, 2.75) is 72.6 Å². The fourth-order valence-electron chi connectivity index (χ4n) is 3.05. The monoisotopic (exact) mass is 449 g/mol. The van der Waals surface area contributed by atoms with E-state index in [0.29, 0.717) is 6.54 Å². The molecule has 1 aliphatic rings. The highest BCUT2D eigenvalue weighted by Crippen LogP contribution is 2.20. The van der Waals surface area contributed by atoms with E-state index in [0.717, 1.165) is 6.26 Å². The lowest BCUT2D eigenvalue weighted by Gasteiger charge is -2.43. The van der Waals surface area contributed by atoms with E-state index in [1.165, 1.54) is 14.1 Å². The Bertz CT molecular complexity index is 709. The second kappa shape index (κ2) is 9.72. The summed E-state index contributed by atoms with van der Waals surface area (Å²) in [7, 11) is -3.49. The zero-order valence-electron chi connectivity index (χ0n) is 19.9. The summed E-state index contributed by atoms with van der Waals surface area (Å²) in [6, 6.07) is -0.547. The van der Waals surface area contributed by atoms with Crippen LogP contribution in [0.4, 0.5) is 9.59 Å². The first-order chi connectivity index (χ1) is 13.4. The van der Waals surface area contributed by atoms with Gasteiger partial charge in [0.05, 0.1) is 12.3 Å². The van der Waals surface area contributed by atoms with E-state index < -0.39 is 39.5 Å². The van der Waals surface area contributed by atoms with E-state index in [2.05, 4.69) is 0 Å². The maximum absolute atomic E-state index is 12.8. The van der Waals surface area contributed by atoms with Gasteiger partial charge in [0, 0.05) is 32.7 Å². The van der Waals surface area contributed by atoms with Crippen LogP contribution in [-0.2, 0) is 19.5 Å². The molecule has 0 aromatic carbocycles. The molecule has 1 fully saturated rings. The number of ether oxygens (including phenoxy) is 2. The molecule has 1 saturated heterocycles. The summed E-state index contributed by atoms with van der Waals surface area (Å²) < 4.78 is 37.0. The van der Waals surface area contributed by atoms with E-state index in [9.17, 15) is 18.0 Å². The van der Waals surface area contributed by atoms with Gasteiger partial charge in [-0.05, 0) is 47.5 Å². The van der Waals surface area contributed by atoms with Crippen LogP contribution in [-0.4, -0.2) is 90.9 Å². The third-order valence-electron chi connectivity index (χ3n) is 4.21. The highest BCUT2D eigenvalue weighted by Gasteiger charge is 2.38. The first kappa shape index (κ1) is 26.5. The molecule has 10 heteroatoms. The van der Waals surface area contributed by atoms with Gasteiger partial charge in [-0.15, -0.1) is 0 Å². The van der Waals surface area contributed by atoms with Crippen LogP contribution in [0.25, 0.3) is 0 Å². The zero-order chi connectivity index (χ0) is 23.5. The third-order valence-corrected chi connectivity index (χ3v) is 5.45. The molecule has 0 radical (unpaired) electrons. The average molecular weight is 450 g/mol. The van der Waals surface area contributed by atoms with Gasteiger partial charge in [0.1, 0.15) is 11.2 Å². The van der Waals surface area contributed by atoms with E-state index >= 15 is 0 Å². The van der Waals surface area contributed by atoms with Gasteiger partial charge in [0.25, 0.3) is 0 Å². The summed E-state index contributed by atoms with van der Waals surface area (Å²) in [5.74, 6) is 0.111. The second-order valence-electron chi connectivity index (χ2n) is 10.2. The Balaban J connectivity index is 3.12. The van der Waals surface area contributed by atoms with Crippen LogP contribution in [0, 0.1) is 5.92 Å². The number of nitrogens with zero attached hydrogens (tertiary/aromatic N) is 3. The van der Waals surface area contributed by atoms with Crippen molar-refractivity contribution in [2.24, 2.45) is 5.92 Å². The lowest BCUT2D eigenvalue weighted by atomic mass is 10.1. The predicted octanol–water partition coefficient (Wildman–Crippen LogP) is 2.76. The highest BCUT2D eigenvalue weighted by atomic mass is 32.2. The standard InChI is InChI=1S/C20H39N3O6S/c1-15(2)12-22(30(9,26)27)14-16-13-21(17(24)28-19(3,4)5)10-11-23(16)18(25)29-20(6,7)8/h15-16H,10-14H2,1-9H3/t16-/m1/s1. The number of hydrogen-bond donors (Lipinski definition) is 0. The normalized spacial score (nSPS) is 18.7. The first-order valence-electron chi connectivity index (χ1n) is 10.3. The lowest BCUT2D eigenvalue weighted by molar-refractivity contribution is -0.0169. The number of rotatable bonds is 5. The van der Waals surface area contributed by atoms with Crippen molar-refractivity contribution in [3.05, 3.63) is 0 Å². The van der Waals surface area contributed by atoms with Crippen molar-refractivity contribution >= 4 is 22.2 Å². The quantitative estimate of drug-likeness (QED) is 0.640. The van der Waals surface area contributed by atoms with E-state index in [1.54, 1.807) is 41.5 Å². The number of hydrogen-bond acceptors (Lipinski definition) is 6. The Hall–Kier alpha value is -1.55. The Kier molecular flexibility index (Phi) is 8.58. The zero-order valence-corrected chi connectivity index (χ0v) is 20.7. The molecule has 0 N–H and O–H groups in total. The van der Waals surface area contributed by atoms with Crippen molar-refractivity contribution in [3.8, 4) is 0 Å². The summed E-state index contributed by atoms with van der Waals surface area (Å²) in [6.07, 6.45) is 0.155. The van der Waals surface area contributed by atoms with Gasteiger partial charge >= 0.3 is 12.2 Å². The van der Waals surface area contributed by atoms with E-state index in [1.807, 2.05) is 13.8 Å². The molecule has 0 spiro atoms. The van der Waals surface area contributed by atoms with Crippen LogP contribution in [0.5, 0.6) is 0 Å². The molecule has 1 heterocycles. The second-order valence-corrected chi connectivity index (χ2v) is 12.2. The minimum atomic E-state index is -3.49. The van der Waals surface area contributed by atoms with Crippen molar-refractivity contribution in [3.63, 3.8) is 0 Å². The molecule has 1 atom stereocenters. The van der Waals surface area contributed by atoms with Gasteiger partial charge in [-0.3, -0.25) is 0 Å². The maximum atomic E-state index is 12.8. The average Bonchev–Trinajstić information content (AvgIpc) is 2.49. The molecule has 176 valence electrons. The Morgan fingerprint density at radius 2 is 1.50 bits per heavy atom. The number of piperazine rings is 1. The molecule has 1 rings (SSSR count). The minimum absolute atomic E-state index is 0.0789. The summed E-state index contributed by atoms with van der Waals surface area (Å²) in [5, 5.41) is 0. The molecule has 30 heavy (non-hydrogen) atoms. The molecule has 0 aromatic heterocycles. The Morgan fingerprint density at radius 1 is 1.00 bits per heavy atom. The summed E-state index contributed by atoms with van der Waals surface area (Å²) in [5.41, 5.74) is -1.33. The van der Waals surface area contributed by atoms with Gasteiger partial charge in [-0.25, -0.2) is 18.0 Å². The minimum Gasteiger partial charge on any atom is -0.444 e. The number of amides is 2. The van der Waals surface area contributed by atoms with Gasteiger partial charge in [-0.1, -0.05) is 13.8 Å². The van der Waals surface area contributed by atoms with Gasteiger partial charge in [-0.2, -0.15) is 4.31 Å². The molecule has 0 bridgehead atoms. The lowest BCUT2D eigenvalue weighted by Crippen LogP contribution is -2.61. The highest BCUT2D eigenvalue weighted by molar-refractivity contribution is 7.88. The van der Waals surface area contributed by atoms with Crippen LogP contribution in [0.2, 0.25) is 0 Å². The molecular formula is C20H39N3O6S. The van der Waals surface area contributed by atoms with Crippen LogP contribution < -0.4 is 0 Å². The number of carbonyl (C=O) groups excluding carboxylic acids is 2. The van der Waals surface area contributed by atoms with Gasteiger partial charge in [0.2, 0.25) is 10.0 Å². The fraction of sp³-hybridized carbons (Fsp3) is 0.900. The molecular weight excluding hydrogens is 410 g/mol. The van der Waals surface area contributed by atoms with Crippen LogP contribution in [0.15, 0.2) is 0 Å². The predicted molar refractivity (Wildman–Crippen MR) is 116 cm³/mol. The molecule has 2 amide bonds. The number of sulfonamides is 1. The molecule has 0 aliphatic carbocycles. The summed E-state index contributed by atoms with van der Waals surface area (Å²) in [6.45, 7) is 15.6. The topological polar surface area (TPSA) is 96.5 Å². The van der Waals surface area contributed by atoms with Gasteiger partial charge in [0.15, 0.2) is 0 Å². The smallest absolute Gasteiger partial charge is 0.410 e. The van der Waals surface area contributed by atoms with Crippen LogP contribution in [0.3, 0.4) is 0 Å². The summed E-state index contributed by atoms with van der Waals surface area (Å²) >= 11 is 0. The van der Waals surface area contributed by atoms with Gasteiger partial charge < -0.3 is 19.3 Å². The SMILES string of the molecule is CC(C)CN(C[C@H]1CN(C(=O)OC(C)(C)C)CCN1C(=O)OC(C)(C)C)S(C)(=O)=O. The molecule has 1 aliphatic heterocycles. The van der Waals surface area contributed by atoms with Crippen molar-refractivity contribution in [1.29, 1.82) is 0 Å². The molecule has 0 aromatic rings. The number of carbonyl (C=O) groups is 2. The Labute approximate surface area is 181 Å². The summed E-state index contributed by atoms with van der Waals surface area (Å²) in [4.78, 5) is 28.4. The Morgan fingerprint density at radius 3 is 1.93 bits per heavy atom. The molecule has 9 nitrogen and oxygen atoms in total.